The van der Waals surface area contributed by atoms with Crippen molar-refractivity contribution < 1.29 is 0 Å². The number of rotatable bonds is 6. The zero-order valence-electron chi connectivity index (χ0n) is 9.34. The molecule has 0 saturated carbocycles. The van der Waals surface area contributed by atoms with Gasteiger partial charge in [-0.05, 0) is 44.8 Å². The molecule has 0 aromatic heterocycles. The van der Waals surface area contributed by atoms with E-state index in [1.807, 2.05) is 0 Å². The Morgan fingerprint density at radius 3 is 2.79 bits per heavy atom. The summed E-state index contributed by atoms with van der Waals surface area (Å²) in [5, 5.41) is 3.35. The summed E-state index contributed by atoms with van der Waals surface area (Å²) in [6, 6.07) is 8.81. The fourth-order valence-electron chi connectivity index (χ4n) is 1.62. The fourth-order valence-corrected chi connectivity index (χ4v) is 1.62. The molecule has 78 valence electrons. The standard InChI is InChI=1S/C13H21N/c1-3-14-10-5-4-8-13-9-6-7-12(2)11-13/h6-7,9,11,14H,3-5,8,10H2,1-2H3. The van der Waals surface area contributed by atoms with E-state index in [4.69, 9.17) is 0 Å². The third kappa shape index (κ3) is 4.43. The van der Waals surface area contributed by atoms with Gasteiger partial charge in [0.15, 0.2) is 0 Å². The number of hydrogen-bond acceptors (Lipinski definition) is 1. The van der Waals surface area contributed by atoms with Gasteiger partial charge in [0.2, 0.25) is 0 Å². The molecule has 0 saturated heterocycles. The number of aryl methyl sites for hydroxylation is 2. The average molecular weight is 191 g/mol. The van der Waals surface area contributed by atoms with E-state index in [9.17, 15) is 0 Å². The van der Waals surface area contributed by atoms with Gasteiger partial charge in [-0.2, -0.15) is 0 Å². The van der Waals surface area contributed by atoms with Gasteiger partial charge < -0.3 is 5.32 Å². The second kappa shape index (κ2) is 6.61. The van der Waals surface area contributed by atoms with E-state index in [1.54, 1.807) is 0 Å². The third-order valence-corrected chi connectivity index (χ3v) is 2.40. The minimum absolute atomic E-state index is 1.09. The molecule has 1 aromatic rings. The summed E-state index contributed by atoms with van der Waals surface area (Å²) in [6.45, 7) is 6.55. The van der Waals surface area contributed by atoms with Gasteiger partial charge in [0.1, 0.15) is 0 Å². The summed E-state index contributed by atoms with van der Waals surface area (Å²) >= 11 is 0. The quantitative estimate of drug-likeness (QED) is 0.682. The predicted molar refractivity (Wildman–Crippen MR) is 62.7 cm³/mol. The van der Waals surface area contributed by atoms with Crippen LogP contribution in [0.1, 0.15) is 30.9 Å². The maximum atomic E-state index is 3.35. The highest BCUT2D eigenvalue weighted by Gasteiger charge is 1.93. The van der Waals surface area contributed by atoms with E-state index in [1.165, 1.54) is 30.4 Å². The van der Waals surface area contributed by atoms with Crippen LogP contribution < -0.4 is 5.32 Å². The summed E-state index contributed by atoms with van der Waals surface area (Å²) in [5.41, 5.74) is 2.84. The molecule has 0 aliphatic rings. The monoisotopic (exact) mass is 191 g/mol. The van der Waals surface area contributed by atoms with E-state index < -0.39 is 0 Å². The highest BCUT2D eigenvalue weighted by Crippen LogP contribution is 2.07. The second-order valence-corrected chi connectivity index (χ2v) is 3.80. The van der Waals surface area contributed by atoms with Crippen LogP contribution in [0.4, 0.5) is 0 Å². The van der Waals surface area contributed by atoms with Crippen molar-refractivity contribution >= 4 is 0 Å². The van der Waals surface area contributed by atoms with Crippen molar-refractivity contribution in [2.24, 2.45) is 0 Å². The first-order valence-corrected chi connectivity index (χ1v) is 5.59. The number of hydrogen-bond donors (Lipinski definition) is 1. The van der Waals surface area contributed by atoms with Crippen LogP contribution in [0.5, 0.6) is 0 Å². The summed E-state index contributed by atoms with van der Waals surface area (Å²) in [7, 11) is 0. The number of nitrogens with one attached hydrogen (secondary N) is 1. The molecule has 0 spiro atoms. The Morgan fingerprint density at radius 1 is 1.21 bits per heavy atom. The van der Waals surface area contributed by atoms with Gasteiger partial charge in [-0.3, -0.25) is 0 Å². The molecule has 0 heterocycles. The maximum absolute atomic E-state index is 3.35. The second-order valence-electron chi connectivity index (χ2n) is 3.80. The van der Waals surface area contributed by atoms with Crippen molar-refractivity contribution in [3.8, 4) is 0 Å². The van der Waals surface area contributed by atoms with Gasteiger partial charge in [0, 0.05) is 0 Å². The van der Waals surface area contributed by atoms with Crippen LogP contribution in [0.3, 0.4) is 0 Å². The van der Waals surface area contributed by atoms with Gasteiger partial charge in [0.05, 0.1) is 0 Å². The first kappa shape index (κ1) is 11.3. The Kier molecular flexibility index (Phi) is 5.31. The van der Waals surface area contributed by atoms with E-state index >= 15 is 0 Å². The topological polar surface area (TPSA) is 12.0 Å². The maximum Gasteiger partial charge on any atom is -0.00489 e. The Labute approximate surface area is 87.5 Å². The van der Waals surface area contributed by atoms with Crippen LogP contribution in [0.15, 0.2) is 24.3 Å². The first-order chi connectivity index (χ1) is 6.83. The van der Waals surface area contributed by atoms with Gasteiger partial charge >= 0.3 is 0 Å². The molecule has 0 aliphatic heterocycles. The Hall–Kier alpha value is -0.820. The molecular formula is C13H21N. The molecule has 0 atom stereocenters. The van der Waals surface area contributed by atoms with Crippen LogP contribution >= 0.6 is 0 Å². The van der Waals surface area contributed by atoms with Crippen LogP contribution in [0, 0.1) is 6.92 Å². The summed E-state index contributed by atoms with van der Waals surface area (Å²) in [5.74, 6) is 0. The van der Waals surface area contributed by atoms with Crippen LogP contribution in [0.25, 0.3) is 0 Å². The van der Waals surface area contributed by atoms with Crippen LogP contribution in [-0.2, 0) is 6.42 Å². The largest absolute Gasteiger partial charge is 0.317 e. The van der Waals surface area contributed by atoms with Crippen molar-refractivity contribution in [1.82, 2.24) is 5.32 Å². The van der Waals surface area contributed by atoms with Crippen molar-refractivity contribution in [2.75, 3.05) is 13.1 Å². The average Bonchev–Trinajstić information content (AvgIpc) is 2.18. The smallest absolute Gasteiger partial charge is 0.00489 e. The molecule has 0 radical (unpaired) electrons. The lowest BCUT2D eigenvalue weighted by Crippen LogP contribution is -2.13. The molecule has 0 fully saturated rings. The number of unbranched alkanes of at least 4 members (excludes halogenated alkanes) is 1. The Morgan fingerprint density at radius 2 is 2.07 bits per heavy atom. The molecule has 0 unspecified atom stereocenters. The normalized spacial score (nSPS) is 10.4. The third-order valence-electron chi connectivity index (χ3n) is 2.40. The molecule has 1 rings (SSSR count). The van der Waals surface area contributed by atoms with Crippen molar-refractivity contribution in [3.63, 3.8) is 0 Å². The van der Waals surface area contributed by atoms with Crippen molar-refractivity contribution in [1.29, 1.82) is 0 Å². The van der Waals surface area contributed by atoms with Crippen LogP contribution in [-0.4, -0.2) is 13.1 Å². The zero-order valence-corrected chi connectivity index (χ0v) is 9.34. The lowest BCUT2D eigenvalue weighted by molar-refractivity contribution is 0.641. The Bertz CT molecular complexity index is 255. The van der Waals surface area contributed by atoms with E-state index in [0.29, 0.717) is 0 Å². The molecular weight excluding hydrogens is 170 g/mol. The van der Waals surface area contributed by atoms with Crippen molar-refractivity contribution in [2.45, 2.75) is 33.1 Å². The van der Waals surface area contributed by atoms with E-state index in [2.05, 4.69) is 43.4 Å². The molecule has 1 nitrogen and oxygen atoms in total. The minimum atomic E-state index is 1.09. The predicted octanol–water partition coefficient (Wildman–Crippen LogP) is 2.93. The molecule has 0 amide bonds. The molecule has 14 heavy (non-hydrogen) atoms. The van der Waals surface area contributed by atoms with Crippen molar-refractivity contribution in [3.05, 3.63) is 35.4 Å². The first-order valence-electron chi connectivity index (χ1n) is 5.59. The lowest BCUT2D eigenvalue weighted by atomic mass is 10.1. The van der Waals surface area contributed by atoms with Gasteiger partial charge in [-0.25, -0.2) is 0 Å². The Balaban J connectivity index is 2.18. The van der Waals surface area contributed by atoms with Gasteiger partial charge in [-0.15, -0.1) is 0 Å². The van der Waals surface area contributed by atoms with Gasteiger partial charge in [0.25, 0.3) is 0 Å². The fraction of sp³-hybridized carbons (Fsp3) is 0.538. The number of benzene rings is 1. The highest BCUT2D eigenvalue weighted by atomic mass is 14.8. The lowest BCUT2D eigenvalue weighted by Gasteiger charge is -2.03. The molecule has 0 bridgehead atoms. The van der Waals surface area contributed by atoms with E-state index in [-0.39, 0.29) is 0 Å². The summed E-state index contributed by atoms with van der Waals surface area (Å²) in [4.78, 5) is 0. The zero-order chi connectivity index (χ0) is 10.2. The summed E-state index contributed by atoms with van der Waals surface area (Å²) in [6.07, 6.45) is 3.78. The summed E-state index contributed by atoms with van der Waals surface area (Å²) < 4.78 is 0. The molecule has 1 aromatic carbocycles. The highest BCUT2D eigenvalue weighted by molar-refractivity contribution is 5.22. The van der Waals surface area contributed by atoms with Crippen LogP contribution in [0.2, 0.25) is 0 Å². The molecule has 1 heteroatoms. The molecule has 0 aliphatic carbocycles. The van der Waals surface area contributed by atoms with E-state index in [0.717, 1.165) is 13.1 Å². The van der Waals surface area contributed by atoms with Gasteiger partial charge in [-0.1, -0.05) is 36.8 Å². The minimum Gasteiger partial charge on any atom is -0.317 e. The molecule has 1 N–H and O–H groups in total. The SMILES string of the molecule is CCNCCCCc1cccc(C)c1.